The smallest absolute Gasteiger partial charge is 0.210 e. The molecule has 1 saturated heterocycles. The highest BCUT2D eigenvalue weighted by Crippen LogP contribution is 2.43. The van der Waals surface area contributed by atoms with Crippen LogP contribution in [0.25, 0.3) is 21.5 Å². The first-order valence-corrected chi connectivity index (χ1v) is 13.8. The lowest BCUT2D eigenvalue weighted by atomic mass is 9.91. The maximum Gasteiger partial charge on any atom is 0.210 e. The van der Waals surface area contributed by atoms with Crippen LogP contribution in [0.5, 0.6) is 11.5 Å². The van der Waals surface area contributed by atoms with E-state index in [0.29, 0.717) is 35.6 Å². The third kappa shape index (κ3) is 4.29. The van der Waals surface area contributed by atoms with E-state index in [4.69, 9.17) is 24.5 Å². The summed E-state index contributed by atoms with van der Waals surface area (Å²) in [6.45, 7) is 8.07. The fraction of sp³-hybridized carbons (Fsp3) is 0.444. The van der Waals surface area contributed by atoms with Crippen LogP contribution in [0, 0.1) is 0 Å². The Bertz CT molecular complexity index is 1650. The van der Waals surface area contributed by atoms with E-state index in [1.165, 1.54) is 17.8 Å². The van der Waals surface area contributed by atoms with Crippen molar-refractivity contribution in [2.45, 2.75) is 57.4 Å². The summed E-state index contributed by atoms with van der Waals surface area (Å²) in [4.78, 5) is 19.5. The highest BCUT2D eigenvalue weighted by molar-refractivity contribution is 7.18. The van der Waals surface area contributed by atoms with Crippen molar-refractivity contribution in [3.05, 3.63) is 41.3 Å². The number of nitrogens with one attached hydrogen (secondary N) is 1. The van der Waals surface area contributed by atoms with Crippen LogP contribution in [0.3, 0.4) is 0 Å². The molecule has 2 aliphatic rings. The molecule has 5 aromatic heterocycles. The van der Waals surface area contributed by atoms with Crippen LogP contribution < -0.4 is 10.1 Å². The van der Waals surface area contributed by atoms with E-state index < -0.39 is 0 Å². The van der Waals surface area contributed by atoms with Crippen molar-refractivity contribution < 1.29 is 9.47 Å². The second-order valence-electron chi connectivity index (χ2n) is 11.2. The van der Waals surface area contributed by atoms with E-state index in [2.05, 4.69) is 46.8 Å². The zero-order valence-corrected chi connectivity index (χ0v) is 22.7. The van der Waals surface area contributed by atoms with Crippen LogP contribution >= 0.6 is 11.3 Å². The van der Waals surface area contributed by atoms with Gasteiger partial charge in [-0.15, -0.1) is 0 Å². The van der Waals surface area contributed by atoms with Crippen molar-refractivity contribution in [2.75, 3.05) is 18.5 Å². The molecule has 6 heterocycles. The first-order chi connectivity index (χ1) is 18.3. The summed E-state index contributed by atoms with van der Waals surface area (Å²) in [5.41, 5.74) is 3.48. The lowest BCUT2D eigenvalue weighted by Crippen LogP contribution is -2.22. The fourth-order valence-corrected chi connectivity index (χ4v) is 5.92. The van der Waals surface area contributed by atoms with E-state index >= 15 is 0 Å². The molecule has 10 nitrogen and oxygen atoms in total. The molecule has 0 radical (unpaired) electrons. The van der Waals surface area contributed by atoms with Gasteiger partial charge in [0.1, 0.15) is 21.8 Å². The second kappa shape index (κ2) is 8.74. The van der Waals surface area contributed by atoms with Crippen LogP contribution in [-0.4, -0.2) is 47.5 Å². The van der Waals surface area contributed by atoms with Gasteiger partial charge in [0.2, 0.25) is 5.95 Å². The molecule has 0 amide bonds. The molecule has 2 fully saturated rings. The molecule has 38 heavy (non-hydrogen) atoms. The minimum atomic E-state index is -0.0501. The number of fused-ring (bicyclic) bond motifs is 2. The van der Waals surface area contributed by atoms with E-state index in [1.807, 2.05) is 23.7 Å². The van der Waals surface area contributed by atoms with Gasteiger partial charge in [-0.25, -0.2) is 15.0 Å². The Morgan fingerprint density at radius 3 is 2.63 bits per heavy atom. The molecule has 196 valence electrons. The number of aryl methyl sites for hydroxylation is 1. The Morgan fingerprint density at radius 1 is 1.05 bits per heavy atom. The van der Waals surface area contributed by atoms with Crippen LogP contribution in [0.15, 0.2) is 30.6 Å². The SMILES string of the molecule is Cn1c(Nc2cc(C(C)(C)C)n([C@@H]3CCOC3)n2)nc2ncc(Oc3cnc4sc(C5CC5)nc4c3)cc21. The molecular formula is C27H30N8O2S. The minimum absolute atomic E-state index is 0.0501. The summed E-state index contributed by atoms with van der Waals surface area (Å²) in [5.74, 6) is 3.29. The predicted molar refractivity (Wildman–Crippen MR) is 147 cm³/mol. The fourth-order valence-electron chi connectivity index (χ4n) is 4.86. The summed E-state index contributed by atoms with van der Waals surface area (Å²) in [5, 5.41) is 9.48. The third-order valence-corrected chi connectivity index (χ3v) is 8.25. The highest BCUT2D eigenvalue weighted by atomic mass is 32.1. The zero-order chi connectivity index (χ0) is 26.0. The number of imidazole rings is 1. The van der Waals surface area contributed by atoms with Gasteiger partial charge in [-0.1, -0.05) is 32.1 Å². The summed E-state index contributed by atoms with van der Waals surface area (Å²) in [6.07, 6.45) is 6.86. The summed E-state index contributed by atoms with van der Waals surface area (Å²) in [7, 11) is 1.96. The van der Waals surface area contributed by atoms with E-state index in [-0.39, 0.29) is 11.5 Å². The molecule has 7 rings (SSSR count). The van der Waals surface area contributed by atoms with Crippen LogP contribution in [0.1, 0.15) is 62.7 Å². The third-order valence-electron chi connectivity index (χ3n) is 7.11. The monoisotopic (exact) mass is 530 g/mol. The number of thiazole rings is 1. The number of pyridine rings is 2. The molecule has 1 atom stereocenters. The molecule has 0 unspecified atom stereocenters. The number of hydrogen-bond donors (Lipinski definition) is 1. The van der Waals surface area contributed by atoms with Crippen molar-refractivity contribution in [3.8, 4) is 11.5 Å². The van der Waals surface area contributed by atoms with Crippen LogP contribution in [-0.2, 0) is 17.2 Å². The number of ether oxygens (including phenoxy) is 2. The van der Waals surface area contributed by atoms with Gasteiger partial charge in [0.25, 0.3) is 0 Å². The average Bonchev–Trinajstić information content (AvgIpc) is 3.24. The van der Waals surface area contributed by atoms with Gasteiger partial charge >= 0.3 is 0 Å². The first kappa shape index (κ1) is 23.5. The Balaban J connectivity index is 1.15. The zero-order valence-electron chi connectivity index (χ0n) is 21.9. The molecule has 0 bridgehead atoms. The maximum atomic E-state index is 6.13. The first-order valence-electron chi connectivity index (χ1n) is 13.0. The summed E-state index contributed by atoms with van der Waals surface area (Å²) >= 11 is 1.68. The number of rotatable bonds is 6. The topological polar surface area (TPSA) is 105 Å². The van der Waals surface area contributed by atoms with Gasteiger partial charge < -0.3 is 19.4 Å². The van der Waals surface area contributed by atoms with Crippen LogP contribution in [0.2, 0.25) is 0 Å². The van der Waals surface area contributed by atoms with Gasteiger partial charge in [-0.05, 0) is 19.3 Å². The van der Waals surface area contributed by atoms with Crippen molar-refractivity contribution in [2.24, 2.45) is 7.05 Å². The van der Waals surface area contributed by atoms with Gasteiger partial charge in [-0.2, -0.15) is 10.1 Å². The van der Waals surface area contributed by atoms with Crippen molar-refractivity contribution >= 4 is 44.6 Å². The number of aromatic nitrogens is 7. The predicted octanol–water partition coefficient (Wildman–Crippen LogP) is 5.84. The Morgan fingerprint density at radius 2 is 1.87 bits per heavy atom. The Labute approximate surface area is 224 Å². The Hall–Kier alpha value is -3.57. The van der Waals surface area contributed by atoms with Crippen molar-refractivity contribution in [1.82, 2.24) is 34.3 Å². The van der Waals surface area contributed by atoms with Gasteiger partial charge in [-0.3, -0.25) is 4.68 Å². The van der Waals surface area contributed by atoms with Gasteiger partial charge in [0.05, 0.1) is 35.6 Å². The molecular weight excluding hydrogens is 500 g/mol. The highest BCUT2D eigenvalue weighted by Gasteiger charge is 2.29. The number of nitrogens with zero attached hydrogens (tertiary/aromatic N) is 7. The quantitative estimate of drug-likeness (QED) is 0.292. The molecule has 0 spiro atoms. The normalized spacial score (nSPS) is 18.1. The number of anilines is 2. The largest absolute Gasteiger partial charge is 0.454 e. The van der Waals surface area contributed by atoms with Crippen LogP contribution in [0.4, 0.5) is 11.8 Å². The van der Waals surface area contributed by atoms with Gasteiger partial charge in [0.15, 0.2) is 11.5 Å². The standard InChI is InChI=1S/C27H30N8O2S/c1-27(2,3)21-11-22(33-35(21)16-7-8-36-14-16)31-26-32-23-20(34(26)4)10-18(12-28-23)37-17-9-19-25(29-13-17)38-24(30-19)15-5-6-15/h9-13,15-16H,5-8,14H2,1-4H3,(H,28,31,32,33)/t16-/m1/s1. The Kier molecular flexibility index (Phi) is 5.41. The molecule has 5 aromatic rings. The van der Waals surface area contributed by atoms with E-state index in [1.54, 1.807) is 23.7 Å². The minimum Gasteiger partial charge on any atom is -0.454 e. The molecule has 0 aromatic carbocycles. The van der Waals surface area contributed by atoms with Crippen molar-refractivity contribution in [3.63, 3.8) is 0 Å². The molecule has 1 saturated carbocycles. The molecule has 1 aliphatic carbocycles. The lowest BCUT2D eigenvalue weighted by molar-refractivity contribution is 0.183. The molecule has 1 N–H and O–H groups in total. The van der Waals surface area contributed by atoms with Gasteiger partial charge in [0, 0.05) is 48.9 Å². The number of hydrogen-bond acceptors (Lipinski definition) is 9. The lowest BCUT2D eigenvalue weighted by Gasteiger charge is -2.22. The summed E-state index contributed by atoms with van der Waals surface area (Å²) in [6, 6.07) is 6.25. The van der Waals surface area contributed by atoms with E-state index in [0.717, 1.165) is 40.4 Å². The van der Waals surface area contributed by atoms with Crippen molar-refractivity contribution in [1.29, 1.82) is 0 Å². The van der Waals surface area contributed by atoms with E-state index in [9.17, 15) is 0 Å². The second-order valence-corrected chi connectivity index (χ2v) is 12.2. The maximum absolute atomic E-state index is 6.13. The molecule has 1 aliphatic heterocycles. The summed E-state index contributed by atoms with van der Waals surface area (Å²) < 4.78 is 15.8. The molecule has 11 heteroatoms. The average molecular weight is 531 g/mol.